The zero-order chi connectivity index (χ0) is 15.6. The lowest BCUT2D eigenvalue weighted by Crippen LogP contribution is -2.39. The van der Waals surface area contributed by atoms with E-state index in [9.17, 15) is 14.4 Å². The quantitative estimate of drug-likeness (QED) is 0.334. The maximum atomic E-state index is 11.2. The summed E-state index contributed by atoms with van der Waals surface area (Å²) in [5, 5.41) is -0.760. The second-order valence-electron chi connectivity index (χ2n) is 4.05. The second-order valence-corrected chi connectivity index (χ2v) is 5.04. The predicted octanol–water partition coefficient (Wildman–Crippen LogP) is 1.40. The summed E-state index contributed by atoms with van der Waals surface area (Å²) in [5.74, 6) is -1.15. The van der Waals surface area contributed by atoms with Gasteiger partial charge in [0.15, 0.2) is 0 Å². The van der Waals surface area contributed by atoms with Crippen molar-refractivity contribution in [2.45, 2.75) is 13.3 Å². The summed E-state index contributed by atoms with van der Waals surface area (Å²) in [4.78, 5) is 33.1. The number of thiol groups is 3. The standard InChI is InChI=1S/C11H18O6S3/c1-2-11(7-17-10(14)20,5-15-8(12)3-18)6-16-9(13)4-19/h18-19H,2-7H2,1H3,(H,14,20). The lowest BCUT2D eigenvalue weighted by atomic mass is 9.88. The molecule has 0 aliphatic carbocycles. The van der Waals surface area contributed by atoms with Gasteiger partial charge >= 0.3 is 17.2 Å². The number of hydrogen-bond acceptors (Lipinski definition) is 8. The van der Waals surface area contributed by atoms with Crippen LogP contribution in [0.5, 0.6) is 0 Å². The monoisotopic (exact) mass is 342 g/mol. The fourth-order valence-electron chi connectivity index (χ4n) is 1.20. The van der Waals surface area contributed by atoms with Gasteiger partial charge in [0.25, 0.3) is 0 Å². The highest BCUT2D eigenvalue weighted by molar-refractivity contribution is 7.96. The molecule has 0 aliphatic heterocycles. The van der Waals surface area contributed by atoms with Crippen LogP contribution in [0.2, 0.25) is 0 Å². The highest BCUT2D eigenvalue weighted by atomic mass is 32.1. The molecule has 9 heteroatoms. The van der Waals surface area contributed by atoms with Crippen molar-refractivity contribution in [1.29, 1.82) is 0 Å². The Balaban J connectivity index is 4.71. The molecule has 0 unspecified atom stereocenters. The van der Waals surface area contributed by atoms with Gasteiger partial charge in [0.05, 0.1) is 16.9 Å². The summed E-state index contributed by atoms with van der Waals surface area (Å²) >= 11 is 11.1. The van der Waals surface area contributed by atoms with Crippen LogP contribution in [-0.4, -0.2) is 48.6 Å². The molecular formula is C11H18O6S3. The fraction of sp³-hybridized carbons (Fsp3) is 0.727. The third-order valence-corrected chi connectivity index (χ3v) is 3.23. The molecule has 0 aliphatic rings. The molecule has 0 saturated heterocycles. The Morgan fingerprint density at radius 3 is 1.60 bits per heavy atom. The summed E-state index contributed by atoms with van der Waals surface area (Å²) < 4.78 is 14.8. The number of rotatable bonds is 9. The van der Waals surface area contributed by atoms with Crippen LogP contribution >= 0.6 is 37.9 Å². The van der Waals surface area contributed by atoms with Crippen LogP contribution in [0, 0.1) is 5.41 Å². The number of carbonyl (C=O) groups excluding carboxylic acids is 3. The van der Waals surface area contributed by atoms with Crippen molar-refractivity contribution >= 4 is 55.1 Å². The maximum absolute atomic E-state index is 11.2. The van der Waals surface area contributed by atoms with Crippen LogP contribution in [0.1, 0.15) is 13.3 Å². The summed E-state index contributed by atoms with van der Waals surface area (Å²) in [5.41, 5.74) is -0.810. The molecule has 0 amide bonds. The Kier molecular flexibility index (Phi) is 9.95. The largest absolute Gasteiger partial charge is 0.464 e. The molecule has 0 bridgehead atoms. The zero-order valence-electron chi connectivity index (χ0n) is 11.0. The molecular weight excluding hydrogens is 324 g/mol. The van der Waals surface area contributed by atoms with E-state index in [1.165, 1.54) is 0 Å². The first-order valence-electron chi connectivity index (χ1n) is 5.78. The van der Waals surface area contributed by atoms with Crippen LogP contribution in [0.25, 0.3) is 0 Å². The van der Waals surface area contributed by atoms with E-state index in [4.69, 9.17) is 14.2 Å². The minimum atomic E-state index is -0.810. The first kappa shape index (κ1) is 19.5. The lowest BCUT2D eigenvalue weighted by molar-refractivity contribution is -0.153. The van der Waals surface area contributed by atoms with E-state index in [0.717, 1.165) is 0 Å². The van der Waals surface area contributed by atoms with E-state index in [1.807, 2.05) is 0 Å². The van der Waals surface area contributed by atoms with Crippen molar-refractivity contribution in [3.05, 3.63) is 0 Å². The average molecular weight is 342 g/mol. The first-order chi connectivity index (χ1) is 9.39. The number of ether oxygens (including phenoxy) is 3. The molecule has 20 heavy (non-hydrogen) atoms. The Bertz CT molecular complexity index is 327. The Hall–Kier alpha value is -0.540. The molecule has 0 aromatic heterocycles. The molecule has 0 aromatic carbocycles. The Morgan fingerprint density at radius 2 is 1.30 bits per heavy atom. The van der Waals surface area contributed by atoms with E-state index >= 15 is 0 Å². The van der Waals surface area contributed by atoms with E-state index in [-0.39, 0.29) is 31.3 Å². The van der Waals surface area contributed by atoms with Crippen LogP contribution in [-0.2, 0) is 23.8 Å². The summed E-state index contributed by atoms with van der Waals surface area (Å²) in [6, 6.07) is 0. The molecule has 6 nitrogen and oxygen atoms in total. The van der Waals surface area contributed by atoms with Crippen molar-refractivity contribution < 1.29 is 28.6 Å². The van der Waals surface area contributed by atoms with Gasteiger partial charge in [-0.25, -0.2) is 4.79 Å². The van der Waals surface area contributed by atoms with Crippen molar-refractivity contribution in [3.63, 3.8) is 0 Å². The summed E-state index contributed by atoms with van der Waals surface area (Å²) in [6.45, 7) is 1.62. The van der Waals surface area contributed by atoms with Crippen LogP contribution in [0.3, 0.4) is 0 Å². The molecule has 0 heterocycles. The average Bonchev–Trinajstić information content (AvgIpc) is 2.46. The highest BCUT2D eigenvalue weighted by Crippen LogP contribution is 2.24. The minimum Gasteiger partial charge on any atom is -0.464 e. The van der Waals surface area contributed by atoms with Crippen molar-refractivity contribution in [2.24, 2.45) is 5.41 Å². The number of esters is 2. The van der Waals surface area contributed by atoms with Gasteiger partial charge < -0.3 is 14.2 Å². The topological polar surface area (TPSA) is 78.9 Å². The van der Waals surface area contributed by atoms with Gasteiger partial charge in [-0.2, -0.15) is 25.3 Å². The normalized spacial score (nSPS) is 10.8. The number of carbonyl (C=O) groups is 3. The molecule has 0 rings (SSSR count). The highest BCUT2D eigenvalue weighted by Gasteiger charge is 2.33. The van der Waals surface area contributed by atoms with Gasteiger partial charge in [-0.3, -0.25) is 9.59 Å². The summed E-state index contributed by atoms with van der Waals surface area (Å²) in [7, 11) is 0. The molecule has 0 N–H and O–H groups in total. The SMILES string of the molecule is CCC(COC(=O)S)(COC(=O)CS)COC(=O)CS. The molecule has 0 aromatic rings. The fourth-order valence-corrected chi connectivity index (χ4v) is 1.45. The molecule has 0 radical (unpaired) electrons. The minimum absolute atomic E-state index is 0.0518. The molecule has 0 saturated carbocycles. The smallest absolute Gasteiger partial charge is 0.364 e. The van der Waals surface area contributed by atoms with Crippen LogP contribution < -0.4 is 0 Å². The van der Waals surface area contributed by atoms with E-state index < -0.39 is 22.7 Å². The molecule has 0 fully saturated rings. The van der Waals surface area contributed by atoms with Crippen LogP contribution in [0.15, 0.2) is 0 Å². The third kappa shape index (κ3) is 7.91. The van der Waals surface area contributed by atoms with Crippen molar-refractivity contribution in [1.82, 2.24) is 0 Å². The Labute approximate surface area is 134 Å². The maximum Gasteiger partial charge on any atom is 0.364 e. The lowest BCUT2D eigenvalue weighted by Gasteiger charge is -2.30. The summed E-state index contributed by atoms with van der Waals surface area (Å²) in [6.07, 6.45) is 0.466. The van der Waals surface area contributed by atoms with Gasteiger partial charge in [0, 0.05) is 0 Å². The third-order valence-electron chi connectivity index (χ3n) is 2.59. The molecule has 116 valence electrons. The van der Waals surface area contributed by atoms with E-state index in [1.54, 1.807) is 6.92 Å². The van der Waals surface area contributed by atoms with Gasteiger partial charge in [-0.05, 0) is 6.42 Å². The van der Waals surface area contributed by atoms with Crippen molar-refractivity contribution in [2.75, 3.05) is 31.3 Å². The first-order valence-corrected chi connectivity index (χ1v) is 7.49. The predicted molar refractivity (Wildman–Crippen MR) is 82.7 cm³/mol. The molecule has 0 spiro atoms. The van der Waals surface area contributed by atoms with Gasteiger partial charge in [0.1, 0.15) is 19.8 Å². The van der Waals surface area contributed by atoms with E-state index in [0.29, 0.717) is 6.42 Å². The van der Waals surface area contributed by atoms with E-state index in [2.05, 4.69) is 37.9 Å². The van der Waals surface area contributed by atoms with Gasteiger partial charge in [0.2, 0.25) is 0 Å². The molecule has 0 atom stereocenters. The zero-order valence-corrected chi connectivity index (χ0v) is 13.7. The number of hydrogen-bond donors (Lipinski definition) is 3. The second kappa shape index (κ2) is 10.2. The van der Waals surface area contributed by atoms with Gasteiger partial charge in [-0.1, -0.05) is 19.6 Å². The Morgan fingerprint density at radius 1 is 0.900 bits per heavy atom. The van der Waals surface area contributed by atoms with Crippen molar-refractivity contribution in [3.8, 4) is 0 Å². The van der Waals surface area contributed by atoms with Gasteiger partial charge in [-0.15, -0.1) is 0 Å². The van der Waals surface area contributed by atoms with Crippen LogP contribution in [0.4, 0.5) is 4.79 Å².